The highest BCUT2D eigenvalue weighted by Crippen LogP contribution is 2.39. The predicted molar refractivity (Wildman–Crippen MR) is 57.0 cm³/mol. The molecule has 0 aromatic heterocycles. The summed E-state index contributed by atoms with van der Waals surface area (Å²) >= 11 is 22.4. The first-order valence-corrected chi connectivity index (χ1v) is 5.16. The Bertz CT molecular complexity index is 272. The van der Waals surface area contributed by atoms with E-state index in [1.165, 1.54) is 0 Å². The number of phenolic OH excluding ortho intramolecular Hbond substituents is 1. The molecule has 0 bridgehead atoms. The van der Waals surface area contributed by atoms with Crippen LogP contribution in [0.4, 0.5) is 0 Å². The minimum atomic E-state index is -0.785. The zero-order valence-corrected chi connectivity index (χ0v) is 9.37. The largest absolute Gasteiger partial charge is 0.507 e. The summed E-state index contributed by atoms with van der Waals surface area (Å²) in [4.78, 5) is -1.57. The van der Waals surface area contributed by atoms with E-state index in [4.69, 9.17) is 46.4 Å². The number of benzene rings is 1. The highest BCUT2D eigenvalue weighted by atomic mass is 35.5. The second kappa shape index (κ2) is 4.61. The number of phenols is 1. The van der Waals surface area contributed by atoms with Crippen molar-refractivity contribution in [3.05, 3.63) is 29.3 Å². The minimum absolute atomic E-state index is 0.0486. The van der Waals surface area contributed by atoms with Gasteiger partial charge in [-0.1, -0.05) is 64.6 Å². The first kappa shape index (κ1) is 11.3. The third kappa shape index (κ3) is 2.57. The van der Waals surface area contributed by atoms with Crippen LogP contribution in [-0.2, 0) is 0 Å². The van der Waals surface area contributed by atoms with Gasteiger partial charge in [-0.3, -0.25) is 0 Å². The summed E-state index contributed by atoms with van der Waals surface area (Å²) in [5, 5.41) is 9.59. The molecule has 0 unspecified atom stereocenters. The molecule has 1 aromatic carbocycles. The molecule has 0 heterocycles. The van der Waals surface area contributed by atoms with Crippen LogP contribution in [0.3, 0.4) is 0 Å². The molecule has 1 N–H and O–H groups in total. The molecule has 1 rings (SSSR count). The van der Waals surface area contributed by atoms with Crippen LogP contribution in [0.15, 0.2) is 18.2 Å². The van der Waals surface area contributed by atoms with Crippen LogP contribution < -0.4 is 0 Å². The Kier molecular flexibility index (Phi) is 3.99. The van der Waals surface area contributed by atoms with E-state index in [1.54, 1.807) is 18.2 Å². The zero-order chi connectivity index (χ0) is 10.0. The van der Waals surface area contributed by atoms with Crippen molar-refractivity contribution in [2.45, 2.75) is 9.67 Å². The van der Waals surface area contributed by atoms with Crippen LogP contribution in [0.1, 0.15) is 20.8 Å². The Hall–Kier alpha value is 0.180. The van der Waals surface area contributed by atoms with Gasteiger partial charge >= 0.3 is 0 Å². The van der Waals surface area contributed by atoms with Gasteiger partial charge in [-0.2, -0.15) is 0 Å². The maximum absolute atomic E-state index is 9.59. The number of halogens is 4. The van der Waals surface area contributed by atoms with Gasteiger partial charge in [0, 0.05) is 11.1 Å². The second-order valence-electron chi connectivity index (χ2n) is 2.39. The van der Waals surface area contributed by atoms with Gasteiger partial charge < -0.3 is 5.11 Å². The van der Waals surface area contributed by atoms with Crippen molar-refractivity contribution in [1.82, 2.24) is 0 Å². The van der Waals surface area contributed by atoms with Gasteiger partial charge in [0.25, 0.3) is 0 Å². The molecule has 0 spiro atoms. The molecule has 1 aromatic rings. The van der Waals surface area contributed by atoms with Crippen molar-refractivity contribution in [3.8, 4) is 5.75 Å². The van der Waals surface area contributed by atoms with Crippen LogP contribution in [0.2, 0.25) is 0 Å². The summed E-state index contributed by atoms with van der Waals surface area (Å²) in [6, 6.07) is 4.90. The Morgan fingerprint density at radius 1 is 0.923 bits per heavy atom. The Balaban J connectivity index is 3.18. The monoisotopic (exact) mass is 258 g/mol. The van der Waals surface area contributed by atoms with Crippen LogP contribution in [0, 0.1) is 0 Å². The van der Waals surface area contributed by atoms with Gasteiger partial charge in [-0.05, 0) is 0 Å². The molecule has 0 amide bonds. The maximum atomic E-state index is 9.59. The number of para-hydroxylation sites is 1. The fourth-order valence-electron chi connectivity index (χ4n) is 0.932. The zero-order valence-electron chi connectivity index (χ0n) is 6.35. The molecule has 5 heteroatoms. The van der Waals surface area contributed by atoms with Crippen molar-refractivity contribution in [1.29, 1.82) is 0 Å². The Morgan fingerprint density at radius 3 is 1.62 bits per heavy atom. The van der Waals surface area contributed by atoms with Gasteiger partial charge in [0.1, 0.15) is 15.4 Å². The van der Waals surface area contributed by atoms with Gasteiger partial charge in [-0.15, -0.1) is 0 Å². The predicted octanol–water partition coefficient (Wildman–Crippen LogP) is 4.34. The van der Waals surface area contributed by atoms with Gasteiger partial charge in [-0.25, -0.2) is 0 Å². The first-order chi connectivity index (χ1) is 6.04. The lowest BCUT2D eigenvalue weighted by Crippen LogP contribution is -1.89. The van der Waals surface area contributed by atoms with E-state index in [-0.39, 0.29) is 5.75 Å². The maximum Gasteiger partial charge on any atom is 0.136 e. The number of aromatic hydroxyl groups is 1. The van der Waals surface area contributed by atoms with Crippen LogP contribution >= 0.6 is 46.4 Å². The minimum Gasteiger partial charge on any atom is -0.507 e. The fourth-order valence-corrected chi connectivity index (χ4v) is 1.64. The third-order valence-electron chi connectivity index (χ3n) is 1.57. The molecule has 13 heavy (non-hydrogen) atoms. The van der Waals surface area contributed by atoms with E-state index in [2.05, 4.69) is 0 Å². The molecule has 1 nitrogen and oxygen atoms in total. The number of hydrogen-bond donors (Lipinski definition) is 1. The van der Waals surface area contributed by atoms with E-state index in [1.807, 2.05) is 0 Å². The SMILES string of the molecule is Oc1c(C(Cl)Cl)cccc1C(Cl)Cl. The molecular weight excluding hydrogens is 254 g/mol. The molecule has 0 aliphatic carbocycles. The lowest BCUT2D eigenvalue weighted by atomic mass is 10.1. The lowest BCUT2D eigenvalue weighted by Gasteiger charge is -2.10. The molecule has 0 atom stereocenters. The summed E-state index contributed by atoms with van der Waals surface area (Å²) in [6.07, 6.45) is 0. The van der Waals surface area contributed by atoms with Gasteiger partial charge in [0.15, 0.2) is 0 Å². The van der Waals surface area contributed by atoms with Crippen LogP contribution in [0.5, 0.6) is 5.75 Å². The molecular formula is C8H6Cl4O. The summed E-state index contributed by atoms with van der Waals surface area (Å²) < 4.78 is 0. The molecule has 0 aliphatic rings. The molecule has 0 fully saturated rings. The summed E-state index contributed by atoms with van der Waals surface area (Å²) in [6.45, 7) is 0. The average Bonchev–Trinajstić information content (AvgIpc) is 2.03. The first-order valence-electron chi connectivity index (χ1n) is 3.42. The average molecular weight is 260 g/mol. The highest BCUT2D eigenvalue weighted by molar-refractivity contribution is 6.45. The van der Waals surface area contributed by atoms with Gasteiger partial charge in [0.2, 0.25) is 0 Å². The molecule has 0 radical (unpaired) electrons. The Morgan fingerprint density at radius 2 is 1.31 bits per heavy atom. The smallest absolute Gasteiger partial charge is 0.136 e. The number of hydrogen-bond acceptors (Lipinski definition) is 1. The standard InChI is InChI=1S/C8H6Cl4O/c9-7(10)4-2-1-3-5(6(4)13)8(11)12/h1-3,7-8,13H. The third-order valence-corrected chi connectivity index (χ3v) is 2.51. The van der Waals surface area contributed by atoms with Gasteiger partial charge in [0.05, 0.1) is 0 Å². The second-order valence-corrected chi connectivity index (χ2v) is 4.58. The quantitative estimate of drug-likeness (QED) is 0.784. The summed E-state index contributed by atoms with van der Waals surface area (Å²) in [7, 11) is 0. The van der Waals surface area contributed by atoms with E-state index in [0.29, 0.717) is 11.1 Å². The van der Waals surface area contributed by atoms with E-state index < -0.39 is 9.67 Å². The van der Waals surface area contributed by atoms with Crippen molar-refractivity contribution in [2.24, 2.45) is 0 Å². The van der Waals surface area contributed by atoms with E-state index in [9.17, 15) is 5.11 Å². The number of rotatable bonds is 2. The van der Waals surface area contributed by atoms with Crippen molar-refractivity contribution in [3.63, 3.8) is 0 Å². The van der Waals surface area contributed by atoms with Crippen LogP contribution in [-0.4, -0.2) is 5.11 Å². The van der Waals surface area contributed by atoms with Crippen molar-refractivity contribution >= 4 is 46.4 Å². The fraction of sp³-hybridized carbons (Fsp3) is 0.250. The van der Waals surface area contributed by atoms with E-state index in [0.717, 1.165) is 0 Å². The summed E-state index contributed by atoms with van der Waals surface area (Å²) in [5.74, 6) is -0.0486. The van der Waals surface area contributed by atoms with E-state index >= 15 is 0 Å². The number of alkyl halides is 4. The topological polar surface area (TPSA) is 20.2 Å². The van der Waals surface area contributed by atoms with Crippen molar-refractivity contribution < 1.29 is 5.11 Å². The normalized spacial score (nSPS) is 11.2. The lowest BCUT2D eigenvalue weighted by molar-refractivity contribution is 0.465. The van der Waals surface area contributed by atoms with Crippen LogP contribution in [0.25, 0.3) is 0 Å². The molecule has 0 saturated carbocycles. The molecule has 0 aliphatic heterocycles. The highest BCUT2D eigenvalue weighted by Gasteiger charge is 2.16. The summed E-state index contributed by atoms with van der Waals surface area (Å²) in [5.41, 5.74) is 0.819. The molecule has 0 saturated heterocycles. The Labute approximate surface area is 96.2 Å². The molecule has 72 valence electrons. The van der Waals surface area contributed by atoms with Crippen molar-refractivity contribution in [2.75, 3.05) is 0 Å².